The number of phenolic OH excluding ortho intramolecular Hbond substituents is 1. The summed E-state index contributed by atoms with van der Waals surface area (Å²) in [6.45, 7) is 0.714. The van der Waals surface area contributed by atoms with E-state index in [9.17, 15) is 29.1 Å². The van der Waals surface area contributed by atoms with Crippen LogP contribution >= 0.6 is 0 Å². The Bertz CT molecular complexity index is 812. The summed E-state index contributed by atoms with van der Waals surface area (Å²) in [5, 5.41) is 24.8. The van der Waals surface area contributed by atoms with Gasteiger partial charge in [0.05, 0.1) is 6.04 Å². The van der Waals surface area contributed by atoms with Crippen LogP contribution in [-0.2, 0) is 30.4 Å². The van der Waals surface area contributed by atoms with Crippen LogP contribution in [0.1, 0.15) is 25.3 Å². The normalized spacial score (nSPS) is 13.4. The highest BCUT2D eigenvalue weighted by Gasteiger charge is 2.27. The second kappa shape index (κ2) is 12.1. The van der Waals surface area contributed by atoms with Crippen LogP contribution in [0.3, 0.4) is 0 Å². The quantitative estimate of drug-likeness (QED) is 0.189. The first-order valence-electron chi connectivity index (χ1n) is 9.41. The summed E-state index contributed by atoms with van der Waals surface area (Å²) in [6, 6.07) is 2.77. The van der Waals surface area contributed by atoms with Crippen molar-refractivity contribution in [1.29, 1.82) is 0 Å². The number of hydrogen-bond donors (Lipinski definition) is 7. The number of primary amides is 1. The number of aliphatic carboxylic acids is 1. The molecule has 0 aliphatic heterocycles. The van der Waals surface area contributed by atoms with Crippen LogP contribution in [0.15, 0.2) is 24.3 Å². The molecule has 4 amide bonds. The Balaban J connectivity index is 2.75. The van der Waals surface area contributed by atoms with Crippen molar-refractivity contribution in [2.45, 2.75) is 44.3 Å². The highest BCUT2D eigenvalue weighted by atomic mass is 16.4. The van der Waals surface area contributed by atoms with E-state index in [0.29, 0.717) is 5.56 Å². The molecule has 0 saturated carbocycles. The molecule has 0 bridgehead atoms. The molecule has 3 unspecified atom stereocenters. The fourth-order valence-electron chi connectivity index (χ4n) is 2.51. The van der Waals surface area contributed by atoms with Crippen molar-refractivity contribution in [1.82, 2.24) is 16.0 Å². The van der Waals surface area contributed by atoms with Gasteiger partial charge in [0.1, 0.15) is 24.4 Å². The van der Waals surface area contributed by atoms with Crippen LogP contribution < -0.4 is 27.4 Å². The number of amides is 4. The van der Waals surface area contributed by atoms with Crippen molar-refractivity contribution >= 4 is 29.6 Å². The number of benzene rings is 1. The SMILES string of the molecule is CC(NC(=O)C(CCC(N)=O)NC(=O)C(N)Cc1ccc(O)cc1)C(=O)NCC(=O)O. The molecule has 3 atom stereocenters. The second-order valence-corrected chi connectivity index (χ2v) is 6.89. The first-order chi connectivity index (χ1) is 14.5. The molecule has 0 heterocycles. The minimum absolute atomic E-state index is 0.0615. The molecule has 0 fully saturated rings. The molecule has 31 heavy (non-hydrogen) atoms. The van der Waals surface area contributed by atoms with Crippen molar-refractivity contribution in [3.8, 4) is 5.75 Å². The Labute approximate surface area is 178 Å². The smallest absolute Gasteiger partial charge is 0.322 e. The standard InChI is InChI=1S/C19H27N5O7/c1-10(17(29)22-9-16(27)28)23-19(31)14(6-7-15(21)26)24-18(30)13(20)8-11-2-4-12(25)5-3-11/h2-5,10,13-14,25H,6-9,20H2,1H3,(H2,21,26)(H,22,29)(H,23,31)(H,24,30)(H,27,28). The van der Waals surface area contributed by atoms with E-state index < -0.39 is 54.3 Å². The Morgan fingerprint density at radius 3 is 2.16 bits per heavy atom. The van der Waals surface area contributed by atoms with E-state index in [1.54, 1.807) is 12.1 Å². The van der Waals surface area contributed by atoms with E-state index in [-0.39, 0.29) is 25.0 Å². The molecule has 1 aromatic carbocycles. The molecule has 0 aromatic heterocycles. The zero-order chi connectivity index (χ0) is 23.6. The monoisotopic (exact) mass is 437 g/mol. The summed E-state index contributed by atoms with van der Waals surface area (Å²) in [5.41, 5.74) is 11.7. The van der Waals surface area contributed by atoms with Crippen LogP contribution in [0.5, 0.6) is 5.75 Å². The van der Waals surface area contributed by atoms with Crippen LogP contribution in [0.2, 0.25) is 0 Å². The van der Waals surface area contributed by atoms with Gasteiger partial charge in [-0.25, -0.2) is 0 Å². The molecular weight excluding hydrogens is 410 g/mol. The van der Waals surface area contributed by atoms with Crippen LogP contribution in [0, 0.1) is 0 Å². The number of nitrogens with two attached hydrogens (primary N) is 2. The van der Waals surface area contributed by atoms with Crippen LogP contribution in [-0.4, -0.2) is 64.5 Å². The van der Waals surface area contributed by atoms with Crippen LogP contribution in [0.4, 0.5) is 0 Å². The van der Waals surface area contributed by atoms with Gasteiger partial charge in [-0.05, 0) is 37.5 Å². The number of rotatable bonds is 12. The number of aromatic hydroxyl groups is 1. The average molecular weight is 437 g/mol. The predicted octanol–water partition coefficient (Wildman–Crippen LogP) is -2.28. The molecule has 0 radical (unpaired) electrons. The Morgan fingerprint density at radius 2 is 1.61 bits per heavy atom. The molecule has 1 aromatic rings. The molecule has 0 saturated heterocycles. The lowest BCUT2D eigenvalue weighted by molar-refractivity contribution is -0.138. The number of carbonyl (C=O) groups excluding carboxylic acids is 4. The summed E-state index contributed by atoms with van der Waals surface area (Å²) in [5.74, 6) is -4.04. The van der Waals surface area contributed by atoms with E-state index in [2.05, 4.69) is 16.0 Å². The van der Waals surface area contributed by atoms with Gasteiger partial charge in [-0.1, -0.05) is 12.1 Å². The van der Waals surface area contributed by atoms with Gasteiger partial charge in [0.2, 0.25) is 23.6 Å². The third kappa shape index (κ3) is 9.58. The summed E-state index contributed by atoms with van der Waals surface area (Å²) < 4.78 is 0. The van der Waals surface area contributed by atoms with E-state index in [4.69, 9.17) is 16.6 Å². The topological polar surface area (TPSA) is 214 Å². The summed E-state index contributed by atoms with van der Waals surface area (Å²) in [7, 11) is 0. The predicted molar refractivity (Wildman–Crippen MR) is 108 cm³/mol. The lowest BCUT2D eigenvalue weighted by Gasteiger charge is -2.22. The number of nitrogens with one attached hydrogen (secondary N) is 3. The number of carboxylic acids is 1. The van der Waals surface area contributed by atoms with E-state index in [1.165, 1.54) is 19.1 Å². The highest BCUT2D eigenvalue weighted by Crippen LogP contribution is 2.11. The lowest BCUT2D eigenvalue weighted by Crippen LogP contribution is -2.55. The van der Waals surface area contributed by atoms with E-state index in [0.717, 1.165) is 0 Å². The van der Waals surface area contributed by atoms with Gasteiger partial charge in [0.25, 0.3) is 0 Å². The first kappa shape index (κ1) is 25.4. The molecule has 0 spiro atoms. The zero-order valence-corrected chi connectivity index (χ0v) is 17.0. The molecule has 170 valence electrons. The minimum Gasteiger partial charge on any atom is -0.508 e. The van der Waals surface area contributed by atoms with Gasteiger partial charge in [-0.3, -0.25) is 24.0 Å². The van der Waals surface area contributed by atoms with E-state index in [1.807, 2.05) is 0 Å². The molecule has 12 heteroatoms. The maximum absolute atomic E-state index is 12.5. The van der Waals surface area contributed by atoms with Gasteiger partial charge >= 0.3 is 5.97 Å². The third-order valence-corrected chi connectivity index (χ3v) is 4.21. The Hall–Kier alpha value is -3.67. The second-order valence-electron chi connectivity index (χ2n) is 6.89. The van der Waals surface area contributed by atoms with Crippen molar-refractivity contribution in [2.24, 2.45) is 11.5 Å². The number of carboxylic acid groups (broad SMARTS) is 1. The summed E-state index contributed by atoms with van der Waals surface area (Å²) in [6.07, 6.45) is -0.197. The van der Waals surface area contributed by atoms with Gasteiger partial charge in [0.15, 0.2) is 0 Å². The molecule has 9 N–H and O–H groups in total. The van der Waals surface area contributed by atoms with Gasteiger partial charge < -0.3 is 37.6 Å². The molecule has 12 nitrogen and oxygen atoms in total. The average Bonchev–Trinajstić information content (AvgIpc) is 2.70. The molecule has 0 aliphatic rings. The van der Waals surface area contributed by atoms with Gasteiger partial charge in [-0.15, -0.1) is 0 Å². The fourth-order valence-corrected chi connectivity index (χ4v) is 2.51. The van der Waals surface area contributed by atoms with Crippen molar-refractivity contribution in [3.05, 3.63) is 29.8 Å². The largest absolute Gasteiger partial charge is 0.508 e. The zero-order valence-electron chi connectivity index (χ0n) is 17.0. The number of hydrogen-bond acceptors (Lipinski definition) is 7. The van der Waals surface area contributed by atoms with Gasteiger partial charge in [-0.2, -0.15) is 0 Å². The minimum atomic E-state index is -1.25. The highest BCUT2D eigenvalue weighted by molar-refractivity contribution is 5.93. The Kier molecular flexibility index (Phi) is 9.92. The van der Waals surface area contributed by atoms with Crippen LogP contribution in [0.25, 0.3) is 0 Å². The lowest BCUT2D eigenvalue weighted by atomic mass is 10.0. The summed E-state index contributed by atoms with van der Waals surface area (Å²) in [4.78, 5) is 58.4. The van der Waals surface area contributed by atoms with Gasteiger partial charge in [0, 0.05) is 6.42 Å². The third-order valence-electron chi connectivity index (χ3n) is 4.21. The summed E-state index contributed by atoms with van der Waals surface area (Å²) >= 11 is 0. The fraction of sp³-hybridized carbons (Fsp3) is 0.421. The maximum atomic E-state index is 12.5. The first-order valence-corrected chi connectivity index (χ1v) is 9.41. The molecule has 1 rings (SSSR count). The number of carbonyl (C=O) groups is 5. The number of phenols is 1. The Morgan fingerprint density at radius 1 is 1.00 bits per heavy atom. The van der Waals surface area contributed by atoms with Crippen molar-refractivity contribution in [2.75, 3.05) is 6.54 Å². The van der Waals surface area contributed by atoms with E-state index >= 15 is 0 Å². The maximum Gasteiger partial charge on any atom is 0.322 e. The van der Waals surface area contributed by atoms with Crippen molar-refractivity contribution < 1.29 is 34.2 Å². The molecule has 0 aliphatic carbocycles. The van der Waals surface area contributed by atoms with Crippen molar-refractivity contribution in [3.63, 3.8) is 0 Å². The molecular formula is C19H27N5O7.